The van der Waals surface area contributed by atoms with E-state index in [2.05, 4.69) is 14.0 Å². The quantitative estimate of drug-likeness (QED) is 0.919. The molecule has 0 saturated carbocycles. The molecule has 1 aliphatic heterocycles. The van der Waals surface area contributed by atoms with E-state index < -0.39 is 0 Å². The van der Waals surface area contributed by atoms with Gasteiger partial charge in [-0.15, -0.1) is 0 Å². The van der Waals surface area contributed by atoms with E-state index in [0.717, 1.165) is 17.0 Å². The van der Waals surface area contributed by atoms with E-state index >= 15 is 0 Å². The lowest BCUT2D eigenvalue weighted by atomic mass is 10.2. The van der Waals surface area contributed by atoms with Crippen LogP contribution < -0.4 is 5.32 Å². The summed E-state index contributed by atoms with van der Waals surface area (Å²) in [4.78, 5) is 0. The largest absolute Gasteiger partial charge is 0.380 e. The number of methoxy groups -OCH3 is 1. The summed E-state index contributed by atoms with van der Waals surface area (Å²) < 4.78 is 13.5. The predicted molar refractivity (Wildman–Crippen MR) is 73.0 cm³/mol. The highest BCUT2D eigenvalue weighted by atomic mass is 35.5. The summed E-state index contributed by atoms with van der Waals surface area (Å²) in [5, 5.41) is 4.27. The van der Waals surface area contributed by atoms with Gasteiger partial charge in [0.15, 0.2) is 0 Å². The molecule has 1 aliphatic rings. The Hall–Kier alpha value is -0.620. The molecule has 0 fully saturated rings. The molecule has 0 bridgehead atoms. The molecule has 1 aromatic rings. The molecule has 0 radical (unpaired) electrons. The average Bonchev–Trinajstić information content (AvgIpc) is 2.77. The predicted octanol–water partition coefficient (Wildman–Crippen LogP) is 4.17. The number of fused-ring (bicyclic) bond motifs is 1. The Kier molecular flexibility index (Phi) is 4.04. The van der Waals surface area contributed by atoms with Crippen molar-refractivity contribution in [1.82, 2.24) is 0 Å². The van der Waals surface area contributed by atoms with Crippen LogP contribution in [0.25, 0.3) is 0 Å². The molecule has 1 N–H and O–H groups in total. The molecular weight excluding hydrogens is 281 g/mol. The van der Waals surface area contributed by atoms with Crippen LogP contribution in [0.1, 0.15) is 6.92 Å². The third-order valence-corrected chi connectivity index (χ3v) is 3.53. The van der Waals surface area contributed by atoms with E-state index in [1.165, 1.54) is 0 Å². The zero-order valence-corrected chi connectivity index (χ0v) is 11.7. The number of nitrogens with zero attached hydrogens (tertiary/aromatic N) is 2. The fourth-order valence-corrected chi connectivity index (χ4v) is 2.55. The van der Waals surface area contributed by atoms with Crippen molar-refractivity contribution in [2.75, 3.05) is 19.0 Å². The molecule has 17 heavy (non-hydrogen) atoms. The van der Waals surface area contributed by atoms with Crippen LogP contribution in [0, 0.1) is 0 Å². The summed E-state index contributed by atoms with van der Waals surface area (Å²) in [5.74, 6) is 0. The zero-order chi connectivity index (χ0) is 12.4. The lowest BCUT2D eigenvalue weighted by Crippen LogP contribution is -2.18. The summed E-state index contributed by atoms with van der Waals surface area (Å²) in [6, 6.07) is 1.67. The van der Waals surface area contributed by atoms with Crippen molar-refractivity contribution in [1.29, 1.82) is 0 Å². The van der Waals surface area contributed by atoms with Gasteiger partial charge in [0, 0.05) is 13.7 Å². The SMILES string of the molecule is COC(C)CNc1c(Cl)cc(Cl)c2c1N=S=N2. The number of anilines is 1. The zero-order valence-electron chi connectivity index (χ0n) is 9.33. The van der Waals surface area contributed by atoms with Gasteiger partial charge in [0.25, 0.3) is 0 Å². The lowest BCUT2D eigenvalue weighted by molar-refractivity contribution is 0.129. The number of benzene rings is 1. The van der Waals surface area contributed by atoms with Gasteiger partial charge in [0.1, 0.15) is 11.4 Å². The first-order valence-corrected chi connectivity index (χ1v) is 6.49. The smallest absolute Gasteiger partial charge is 0.130 e. The van der Waals surface area contributed by atoms with Crippen molar-refractivity contribution in [3.63, 3.8) is 0 Å². The van der Waals surface area contributed by atoms with E-state index in [1.54, 1.807) is 13.2 Å². The molecule has 0 spiro atoms. The van der Waals surface area contributed by atoms with E-state index in [9.17, 15) is 0 Å². The Morgan fingerprint density at radius 1 is 1.35 bits per heavy atom. The second-order valence-corrected chi connectivity index (χ2v) is 4.95. The molecule has 0 amide bonds. The normalized spacial score (nSPS) is 14.4. The van der Waals surface area contributed by atoms with E-state index in [4.69, 9.17) is 27.9 Å². The van der Waals surface area contributed by atoms with Crippen molar-refractivity contribution in [3.8, 4) is 0 Å². The third kappa shape index (κ3) is 2.63. The second-order valence-electron chi connectivity index (χ2n) is 3.60. The minimum atomic E-state index is 0.0865. The van der Waals surface area contributed by atoms with E-state index in [0.29, 0.717) is 28.0 Å². The van der Waals surface area contributed by atoms with Gasteiger partial charge in [0.2, 0.25) is 0 Å². The van der Waals surface area contributed by atoms with Gasteiger partial charge in [-0.05, 0) is 13.0 Å². The van der Waals surface area contributed by atoms with Gasteiger partial charge < -0.3 is 10.1 Å². The van der Waals surface area contributed by atoms with Crippen LogP contribution in [0.3, 0.4) is 0 Å². The van der Waals surface area contributed by atoms with Crippen molar-refractivity contribution in [2.24, 2.45) is 8.73 Å². The Balaban J connectivity index is 2.29. The van der Waals surface area contributed by atoms with Crippen LogP contribution in [-0.2, 0) is 16.1 Å². The summed E-state index contributed by atoms with van der Waals surface area (Å²) in [5.41, 5.74) is 2.13. The maximum atomic E-state index is 6.14. The number of hydrogen-bond acceptors (Lipinski definition) is 4. The Labute approximate surface area is 113 Å². The van der Waals surface area contributed by atoms with Gasteiger partial charge in [-0.25, -0.2) is 0 Å². The topological polar surface area (TPSA) is 46.0 Å². The standard InChI is InChI=1S/C10H11Cl2N3OS/c1-5(16-2)4-13-8-6(11)3-7(12)9-10(8)15-17-14-9/h3,5,13H,4H2,1-2H3. The molecule has 1 heterocycles. The molecule has 2 rings (SSSR count). The summed E-state index contributed by atoms with van der Waals surface area (Å²) in [7, 11) is 1.66. The van der Waals surface area contributed by atoms with Crippen molar-refractivity contribution in [2.45, 2.75) is 13.0 Å². The van der Waals surface area contributed by atoms with Gasteiger partial charge in [-0.3, -0.25) is 0 Å². The Morgan fingerprint density at radius 3 is 2.76 bits per heavy atom. The minimum absolute atomic E-state index is 0.0865. The third-order valence-electron chi connectivity index (χ3n) is 2.41. The van der Waals surface area contributed by atoms with Crippen LogP contribution >= 0.6 is 23.2 Å². The first-order valence-electron chi connectivity index (χ1n) is 5.00. The maximum Gasteiger partial charge on any atom is 0.130 e. The number of hydrogen-bond donors (Lipinski definition) is 1. The highest BCUT2D eigenvalue weighted by molar-refractivity contribution is 7.58. The van der Waals surface area contributed by atoms with Gasteiger partial charge in [0.05, 0.1) is 33.2 Å². The number of rotatable bonds is 4. The fraction of sp³-hybridized carbons (Fsp3) is 0.400. The average molecular weight is 292 g/mol. The van der Waals surface area contributed by atoms with Gasteiger partial charge in [-0.1, -0.05) is 23.2 Å². The van der Waals surface area contributed by atoms with Crippen LogP contribution in [0.4, 0.5) is 17.1 Å². The van der Waals surface area contributed by atoms with Crippen molar-refractivity contribution in [3.05, 3.63) is 16.1 Å². The van der Waals surface area contributed by atoms with Crippen LogP contribution in [0.2, 0.25) is 10.0 Å². The molecule has 1 atom stereocenters. The minimum Gasteiger partial charge on any atom is -0.380 e. The molecule has 1 unspecified atom stereocenters. The lowest BCUT2D eigenvalue weighted by Gasteiger charge is -2.15. The summed E-state index contributed by atoms with van der Waals surface area (Å²) in [6.07, 6.45) is 0.0865. The molecule has 4 nitrogen and oxygen atoms in total. The molecule has 92 valence electrons. The molecule has 0 aromatic heterocycles. The van der Waals surface area contributed by atoms with Crippen LogP contribution in [0.15, 0.2) is 14.8 Å². The highest BCUT2D eigenvalue weighted by Gasteiger charge is 2.18. The first kappa shape index (κ1) is 12.8. The molecule has 0 saturated heterocycles. The molecular formula is C10H11Cl2N3OS. The maximum absolute atomic E-state index is 6.14. The van der Waals surface area contributed by atoms with Crippen molar-refractivity contribution >= 4 is 51.6 Å². The second kappa shape index (κ2) is 5.35. The van der Waals surface area contributed by atoms with Gasteiger partial charge in [-0.2, -0.15) is 8.73 Å². The van der Waals surface area contributed by atoms with Crippen LogP contribution in [0.5, 0.6) is 0 Å². The summed E-state index contributed by atoms with van der Waals surface area (Å²) >= 11 is 13.3. The highest BCUT2D eigenvalue weighted by Crippen LogP contribution is 2.47. The fourth-order valence-electron chi connectivity index (χ4n) is 1.37. The number of halogens is 2. The number of nitrogens with one attached hydrogen (secondary N) is 1. The van der Waals surface area contributed by atoms with E-state index in [-0.39, 0.29) is 6.10 Å². The first-order chi connectivity index (χ1) is 8.13. The summed E-state index contributed by atoms with van der Waals surface area (Å²) in [6.45, 7) is 2.61. The molecule has 0 aliphatic carbocycles. The Bertz CT molecular complexity index is 515. The number of ether oxygens (including phenoxy) is 1. The van der Waals surface area contributed by atoms with Gasteiger partial charge >= 0.3 is 0 Å². The molecule has 7 heteroatoms. The molecule has 1 aromatic carbocycles. The Morgan fingerprint density at radius 2 is 2.06 bits per heavy atom. The van der Waals surface area contributed by atoms with E-state index in [1.807, 2.05) is 6.92 Å². The van der Waals surface area contributed by atoms with Crippen molar-refractivity contribution < 1.29 is 4.74 Å². The monoisotopic (exact) mass is 291 g/mol. The van der Waals surface area contributed by atoms with Crippen LogP contribution in [-0.4, -0.2) is 19.8 Å².